The molecule has 0 atom stereocenters. The highest BCUT2D eigenvalue weighted by Gasteiger charge is 2.24. The van der Waals surface area contributed by atoms with E-state index >= 15 is 0 Å². The maximum absolute atomic E-state index is 6.45. The lowest BCUT2D eigenvalue weighted by Crippen LogP contribution is -2.07. The van der Waals surface area contributed by atoms with Crippen LogP contribution < -0.4 is 0 Å². The first-order chi connectivity index (χ1) is 32.2. The molecule has 0 N–H and O–H groups in total. The molecule has 0 unspecified atom stereocenters. The Balaban J connectivity index is 1.03. The van der Waals surface area contributed by atoms with E-state index in [2.05, 4.69) is 161 Å². The van der Waals surface area contributed by atoms with Crippen molar-refractivity contribution in [3.05, 3.63) is 218 Å². The van der Waals surface area contributed by atoms with Crippen molar-refractivity contribution in [1.82, 2.24) is 29.1 Å². The first-order valence-corrected chi connectivity index (χ1v) is 21.7. The molecule has 0 aliphatic heterocycles. The Kier molecular flexibility index (Phi) is 8.39. The van der Waals surface area contributed by atoms with Gasteiger partial charge in [0.1, 0.15) is 5.52 Å². The molecule has 0 radical (unpaired) electrons. The van der Waals surface area contributed by atoms with Gasteiger partial charge in [-0.25, -0.2) is 9.97 Å². The second-order valence-electron chi connectivity index (χ2n) is 16.2. The zero-order chi connectivity index (χ0) is 42.8. The smallest absolute Gasteiger partial charge is 0.238 e. The van der Waals surface area contributed by atoms with Crippen molar-refractivity contribution in [2.24, 2.45) is 0 Å². The molecule has 0 spiro atoms. The quantitative estimate of drug-likeness (QED) is 0.160. The van der Waals surface area contributed by atoms with E-state index in [4.69, 9.17) is 24.4 Å². The zero-order valence-corrected chi connectivity index (χ0v) is 34.9. The van der Waals surface area contributed by atoms with Gasteiger partial charge in [0.25, 0.3) is 0 Å². The Labute approximate surface area is 373 Å². The SMILES string of the molecule is c1ccc(-c2ccc(-c3nc(-c4ccccc4)nc(-n4c5ccccc5c5ccc6c7ccccc7n(-c7ccc(-c8cccc9nc(-c%10ccccc%10)oc89)cc7)c6c54)n3)cc2)cc1. The summed E-state index contributed by atoms with van der Waals surface area (Å²) in [6, 6.07) is 75.7. The normalized spacial score (nSPS) is 11.7. The van der Waals surface area contributed by atoms with Crippen LogP contribution in [0, 0.1) is 0 Å². The molecule has 0 amide bonds. The van der Waals surface area contributed by atoms with E-state index in [0.717, 1.165) is 99.3 Å². The molecule has 0 aliphatic rings. The van der Waals surface area contributed by atoms with Crippen LogP contribution in [0.1, 0.15) is 0 Å². The highest BCUT2D eigenvalue weighted by Crippen LogP contribution is 2.42. The lowest BCUT2D eigenvalue weighted by Gasteiger charge is -2.14. The van der Waals surface area contributed by atoms with Crippen LogP contribution in [-0.2, 0) is 0 Å². The number of fused-ring (bicyclic) bond motifs is 8. The molecule has 65 heavy (non-hydrogen) atoms. The van der Waals surface area contributed by atoms with Gasteiger partial charge >= 0.3 is 0 Å². The maximum atomic E-state index is 6.45. The fraction of sp³-hybridized carbons (Fsp3) is 0. The summed E-state index contributed by atoms with van der Waals surface area (Å²) in [4.78, 5) is 20.6. The molecule has 4 heterocycles. The molecule has 0 fully saturated rings. The highest BCUT2D eigenvalue weighted by molar-refractivity contribution is 6.23. The van der Waals surface area contributed by atoms with Gasteiger partial charge in [-0.05, 0) is 59.2 Å². The number of oxazole rings is 1. The van der Waals surface area contributed by atoms with Crippen molar-refractivity contribution >= 4 is 54.7 Å². The number of hydrogen-bond acceptors (Lipinski definition) is 5. The molecule has 7 nitrogen and oxygen atoms in total. The number of para-hydroxylation sites is 3. The summed E-state index contributed by atoms with van der Waals surface area (Å²) in [7, 11) is 0. The highest BCUT2D eigenvalue weighted by atomic mass is 16.3. The topological polar surface area (TPSA) is 74.6 Å². The van der Waals surface area contributed by atoms with E-state index in [9.17, 15) is 0 Å². The lowest BCUT2D eigenvalue weighted by atomic mass is 10.0. The first-order valence-electron chi connectivity index (χ1n) is 21.7. The zero-order valence-electron chi connectivity index (χ0n) is 34.9. The summed E-state index contributed by atoms with van der Waals surface area (Å²) in [6.45, 7) is 0. The van der Waals surface area contributed by atoms with E-state index in [0.29, 0.717) is 23.5 Å². The van der Waals surface area contributed by atoms with E-state index in [1.165, 1.54) is 0 Å². The van der Waals surface area contributed by atoms with Crippen molar-refractivity contribution in [2.75, 3.05) is 0 Å². The minimum Gasteiger partial charge on any atom is -0.435 e. The van der Waals surface area contributed by atoms with Crippen LogP contribution in [0.2, 0.25) is 0 Å². The summed E-state index contributed by atoms with van der Waals surface area (Å²) in [5, 5.41) is 4.51. The van der Waals surface area contributed by atoms with Crippen LogP contribution in [0.3, 0.4) is 0 Å². The molecule has 0 aliphatic carbocycles. The van der Waals surface area contributed by atoms with Crippen molar-refractivity contribution in [1.29, 1.82) is 0 Å². The number of hydrogen-bond donors (Lipinski definition) is 0. The number of rotatable bonds is 7. The van der Waals surface area contributed by atoms with Crippen LogP contribution in [0.25, 0.3) is 123 Å². The van der Waals surface area contributed by atoms with Crippen molar-refractivity contribution in [3.63, 3.8) is 0 Å². The van der Waals surface area contributed by atoms with Gasteiger partial charge in [0.15, 0.2) is 17.2 Å². The molecule has 4 aromatic heterocycles. The minimum absolute atomic E-state index is 0.543. The van der Waals surface area contributed by atoms with Crippen molar-refractivity contribution in [3.8, 4) is 68.1 Å². The van der Waals surface area contributed by atoms with Gasteiger partial charge in [-0.3, -0.25) is 4.57 Å². The Morgan fingerprint density at radius 2 is 0.815 bits per heavy atom. The van der Waals surface area contributed by atoms with Crippen LogP contribution in [0.4, 0.5) is 0 Å². The molecule has 9 aromatic carbocycles. The largest absolute Gasteiger partial charge is 0.435 e. The first kappa shape index (κ1) is 36.7. The summed E-state index contributed by atoms with van der Waals surface area (Å²) in [5.41, 5.74) is 13.9. The molecular formula is C58H36N6O. The average molecular weight is 833 g/mol. The molecule has 13 rings (SSSR count). The Morgan fingerprint density at radius 1 is 0.323 bits per heavy atom. The molecular weight excluding hydrogens is 797 g/mol. The second-order valence-corrected chi connectivity index (χ2v) is 16.2. The third-order valence-corrected chi connectivity index (χ3v) is 12.4. The van der Waals surface area contributed by atoms with Gasteiger partial charge in [0, 0.05) is 49.5 Å². The minimum atomic E-state index is 0.543. The third kappa shape index (κ3) is 6.05. The summed E-state index contributed by atoms with van der Waals surface area (Å²) >= 11 is 0. The van der Waals surface area contributed by atoms with Gasteiger partial charge in [0.2, 0.25) is 11.8 Å². The third-order valence-electron chi connectivity index (χ3n) is 12.4. The summed E-state index contributed by atoms with van der Waals surface area (Å²) < 4.78 is 11.1. The Morgan fingerprint density at radius 3 is 1.46 bits per heavy atom. The Bertz CT molecular complexity index is 3910. The van der Waals surface area contributed by atoms with E-state index in [1.807, 2.05) is 66.7 Å². The van der Waals surface area contributed by atoms with Gasteiger partial charge in [-0.2, -0.15) is 9.97 Å². The molecule has 0 bridgehead atoms. The summed E-state index contributed by atoms with van der Waals surface area (Å²) in [6.07, 6.45) is 0. The number of aromatic nitrogens is 6. The predicted molar refractivity (Wildman–Crippen MR) is 263 cm³/mol. The molecule has 0 saturated carbocycles. The fourth-order valence-electron chi connectivity index (χ4n) is 9.40. The van der Waals surface area contributed by atoms with Crippen LogP contribution in [0.5, 0.6) is 0 Å². The van der Waals surface area contributed by atoms with Gasteiger partial charge < -0.3 is 8.98 Å². The number of nitrogens with zero attached hydrogens (tertiary/aromatic N) is 6. The van der Waals surface area contributed by atoms with E-state index in [1.54, 1.807) is 0 Å². The van der Waals surface area contributed by atoms with Crippen molar-refractivity contribution in [2.45, 2.75) is 0 Å². The van der Waals surface area contributed by atoms with Gasteiger partial charge in [-0.1, -0.05) is 176 Å². The van der Waals surface area contributed by atoms with Crippen LogP contribution >= 0.6 is 0 Å². The summed E-state index contributed by atoms with van der Waals surface area (Å²) in [5.74, 6) is 2.35. The maximum Gasteiger partial charge on any atom is 0.238 e. The van der Waals surface area contributed by atoms with Gasteiger partial charge in [-0.15, -0.1) is 0 Å². The fourth-order valence-corrected chi connectivity index (χ4v) is 9.40. The Hall–Kier alpha value is -8.94. The predicted octanol–water partition coefficient (Wildman–Crippen LogP) is 14.5. The molecule has 13 aromatic rings. The molecule has 304 valence electrons. The van der Waals surface area contributed by atoms with Gasteiger partial charge in [0.05, 0.1) is 22.1 Å². The monoisotopic (exact) mass is 832 g/mol. The standard InChI is InChI=1S/C58H36N6O/c1-4-15-37(16-5-1)38-27-29-41(30-28-38)56-60-55(40-17-6-2-7-18-40)61-58(62-56)64-51-26-13-11-22-46(51)48-36-35-47-45-21-10-12-25-50(45)63(52(47)53(48)64)43-33-31-39(32-34-43)44-23-14-24-49-54(44)65-57(59-49)42-19-8-3-9-20-42/h1-36H. The lowest BCUT2D eigenvalue weighted by molar-refractivity contribution is 0.621. The van der Waals surface area contributed by atoms with E-state index in [-0.39, 0.29) is 0 Å². The molecule has 7 heteroatoms. The van der Waals surface area contributed by atoms with Crippen molar-refractivity contribution < 1.29 is 4.42 Å². The number of benzene rings is 9. The second kappa shape index (κ2) is 14.9. The molecule has 0 saturated heterocycles. The van der Waals surface area contributed by atoms with Crippen LogP contribution in [-0.4, -0.2) is 29.1 Å². The average Bonchev–Trinajstić information content (AvgIpc) is 4.08. The van der Waals surface area contributed by atoms with E-state index < -0.39 is 0 Å². The van der Waals surface area contributed by atoms with Crippen LogP contribution in [0.15, 0.2) is 223 Å².